The van der Waals surface area contributed by atoms with Crippen molar-refractivity contribution in [2.75, 3.05) is 13.1 Å². The summed E-state index contributed by atoms with van der Waals surface area (Å²) in [5.41, 5.74) is 0. The van der Waals surface area contributed by atoms with E-state index < -0.39 is 0 Å². The summed E-state index contributed by atoms with van der Waals surface area (Å²) in [5, 5.41) is 0. The molecule has 2 heteroatoms. The molecule has 3 aliphatic rings. The smallest absolute Gasteiger partial charge is 0.0678 e. The van der Waals surface area contributed by atoms with Crippen molar-refractivity contribution in [2.24, 2.45) is 11.8 Å². The van der Waals surface area contributed by atoms with Gasteiger partial charge in [-0.25, -0.2) is 0 Å². The number of nitrogens with zero attached hydrogens (tertiary/aromatic N) is 1. The van der Waals surface area contributed by atoms with Gasteiger partial charge in [0.1, 0.15) is 0 Å². The minimum atomic E-state index is 0.421. The summed E-state index contributed by atoms with van der Waals surface area (Å²) >= 11 is 0. The van der Waals surface area contributed by atoms with Gasteiger partial charge in [-0.15, -0.1) is 0 Å². The van der Waals surface area contributed by atoms with Crippen LogP contribution in [-0.2, 0) is 4.74 Å². The lowest BCUT2D eigenvalue weighted by Crippen LogP contribution is -2.50. The van der Waals surface area contributed by atoms with Crippen LogP contribution < -0.4 is 0 Å². The van der Waals surface area contributed by atoms with Crippen molar-refractivity contribution in [1.29, 1.82) is 0 Å². The van der Waals surface area contributed by atoms with Crippen LogP contribution in [0, 0.1) is 11.8 Å². The van der Waals surface area contributed by atoms with Crippen LogP contribution in [0.2, 0.25) is 0 Å². The maximum atomic E-state index is 5.91. The summed E-state index contributed by atoms with van der Waals surface area (Å²) in [6.07, 6.45) is 14.2. The Hall–Kier alpha value is -0.0800. The van der Waals surface area contributed by atoms with E-state index in [-0.39, 0.29) is 0 Å². The molecule has 1 heterocycles. The molecule has 0 aromatic carbocycles. The summed E-state index contributed by atoms with van der Waals surface area (Å²) < 4.78 is 5.91. The predicted octanol–water partition coefficient (Wildman–Crippen LogP) is 4.23. The van der Waals surface area contributed by atoms with Gasteiger partial charge in [-0.3, -0.25) is 4.90 Å². The van der Waals surface area contributed by atoms with Crippen LogP contribution in [0.4, 0.5) is 0 Å². The summed E-state index contributed by atoms with van der Waals surface area (Å²) in [6.45, 7) is 6.78. The molecule has 0 radical (unpaired) electrons. The second-order valence-corrected chi connectivity index (χ2v) is 7.69. The zero-order valence-corrected chi connectivity index (χ0v) is 13.5. The number of hydrogen-bond acceptors (Lipinski definition) is 2. The molecule has 2 aliphatic carbocycles. The zero-order valence-electron chi connectivity index (χ0n) is 13.5. The second-order valence-electron chi connectivity index (χ2n) is 7.69. The third-order valence-electron chi connectivity index (χ3n) is 5.76. The highest BCUT2D eigenvalue weighted by atomic mass is 16.5. The molecule has 3 rings (SSSR count). The summed E-state index contributed by atoms with van der Waals surface area (Å²) in [5.74, 6) is 2.24. The van der Waals surface area contributed by atoms with Crippen LogP contribution in [0.15, 0.2) is 0 Å². The Morgan fingerprint density at radius 1 is 0.750 bits per heavy atom. The Morgan fingerprint density at radius 3 is 1.80 bits per heavy atom. The van der Waals surface area contributed by atoms with E-state index in [1.165, 1.54) is 51.4 Å². The first-order valence-electron chi connectivity index (χ1n) is 9.12. The Kier molecular flexibility index (Phi) is 5.04. The SMILES string of the molecule is CC1CN(C2CCCCC3CC3CCCC2)CC(C)O1. The first-order chi connectivity index (χ1) is 9.72. The number of ether oxygens (including phenoxy) is 1. The summed E-state index contributed by atoms with van der Waals surface area (Å²) in [6, 6.07) is 0.832. The molecule has 0 N–H and O–H groups in total. The van der Waals surface area contributed by atoms with E-state index >= 15 is 0 Å². The normalized spacial score (nSPS) is 44.4. The minimum absolute atomic E-state index is 0.421. The second kappa shape index (κ2) is 6.79. The minimum Gasteiger partial charge on any atom is -0.373 e. The number of fused-ring (bicyclic) bond motifs is 1. The van der Waals surface area contributed by atoms with E-state index in [1.54, 1.807) is 6.42 Å². The molecule has 1 saturated heterocycles. The average Bonchev–Trinajstić information content (AvgIpc) is 3.12. The van der Waals surface area contributed by atoms with Gasteiger partial charge in [0.2, 0.25) is 0 Å². The monoisotopic (exact) mass is 279 g/mol. The Morgan fingerprint density at radius 2 is 1.25 bits per heavy atom. The van der Waals surface area contributed by atoms with Crippen LogP contribution >= 0.6 is 0 Å². The molecule has 4 unspecified atom stereocenters. The van der Waals surface area contributed by atoms with E-state index in [1.807, 2.05) is 0 Å². The maximum Gasteiger partial charge on any atom is 0.0678 e. The van der Waals surface area contributed by atoms with E-state index in [9.17, 15) is 0 Å². The fraction of sp³-hybridized carbons (Fsp3) is 1.00. The molecule has 0 spiro atoms. The molecule has 0 aromatic heterocycles. The lowest BCUT2D eigenvalue weighted by Gasteiger charge is -2.40. The van der Waals surface area contributed by atoms with Crippen molar-refractivity contribution >= 4 is 0 Å². The highest BCUT2D eigenvalue weighted by Gasteiger charge is 2.36. The molecule has 0 amide bonds. The quantitative estimate of drug-likeness (QED) is 0.712. The van der Waals surface area contributed by atoms with E-state index in [4.69, 9.17) is 4.74 Å². The van der Waals surface area contributed by atoms with E-state index in [0.29, 0.717) is 12.2 Å². The molecule has 0 aromatic rings. The molecule has 4 atom stereocenters. The standard InChI is InChI=1S/C18H33NO/c1-14-12-19(13-15(2)20-14)18-9-5-3-7-16-11-17(16)8-4-6-10-18/h14-18H,3-13H2,1-2H3. The fourth-order valence-electron chi connectivity index (χ4n) is 4.62. The van der Waals surface area contributed by atoms with Crippen LogP contribution in [0.1, 0.15) is 71.6 Å². The van der Waals surface area contributed by atoms with Crippen LogP contribution in [0.25, 0.3) is 0 Å². The first kappa shape index (κ1) is 14.8. The molecule has 2 nitrogen and oxygen atoms in total. The van der Waals surface area contributed by atoms with Gasteiger partial charge in [-0.1, -0.05) is 38.5 Å². The summed E-state index contributed by atoms with van der Waals surface area (Å²) in [4.78, 5) is 2.75. The third-order valence-corrected chi connectivity index (χ3v) is 5.76. The van der Waals surface area contributed by atoms with E-state index in [0.717, 1.165) is 31.0 Å². The lowest BCUT2D eigenvalue weighted by molar-refractivity contribution is -0.0824. The van der Waals surface area contributed by atoms with Gasteiger partial charge in [0.05, 0.1) is 12.2 Å². The van der Waals surface area contributed by atoms with Crippen molar-refractivity contribution in [3.8, 4) is 0 Å². The first-order valence-corrected chi connectivity index (χ1v) is 9.12. The molecule has 2 saturated carbocycles. The molecule has 20 heavy (non-hydrogen) atoms. The highest BCUT2D eigenvalue weighted by molar-refractivity contribution is 4.87. The van der Waals surface area contributed by atoms with Crippen LogP contribution in [0.5, 0.6) is 0 Å². The zero-order chi connectivity index (χ0) is 13.9. The van der Waals surface area contributed by atoms with Crippen molar-refractivity contribution in [2.45, 2.75) is 89.9 Å². The summed E-state index contributed by atoms with van der Waals surface area (Å²) in [7, 11) is 0. The predicted molar refractivity (Wildman–Crippen MR) is 83.9 cm³/mol. The van der Waals surface area contributed by atoms with Gasteiger partial charge < -0.3 is 4.74 Å². The molecule has 1 aliphatic heterocycles. The molecule has 116 valence electrons. The van der Waals surface area contributed by atoms with E-state index in [2.05, 4.69) is 18.7 Å². The van der Waals surface area contributed by atoms with Gasteiger partial charge in [0.25, 0.3) is 0 Å². The number of morpholine rings is 1. The largest absolute Gasteiger partial charge is 0.373 e. The Bertz CT molecular complexity index is 280. The van der Waals surface area contributed by atoms with Gasteiger partial charge >= 0.3 is 0 Å². The fourth-order valence-corrected chi connectivity index (χ4v) is 4.62. The van der Waals surface area contributed by atoms with Crippen molar-refractivity contribution < 1.29 is 4.74 Å². The van der Waals surface area contributed by atoms with Crippen molar-refractivity contribution in [3.05, 3.63) is 0 Å². The van der Waals surface area contributed by atoms with Crippen molar-refractivity contribution in [1.82, 2.24) is 4.90 Å². The topological polar surface area (TPSA) is 12.5 Å². The Balaban J connectivity index is 1.53. The molecule has 3 fully saturated rings. The van der Waals surface area contributed by atoms with Gasteiger partial charge in [-0.2, -0.15) is 0 Å². The van der Waals surface area contributed by atoms with Gasteiger partial charge in [0.15, 0.2) is 0 Å². The van der Waals surface area contributed by atoms with Crippen LogP contribution in [-0.4, -0.2) is 36.2 Å². The van der Waals surface area contributed by atoms with Crippen LogP contribution in [0.3, 0.4) is 0 Å². The highest BCUT2D eigenvalue weighted by Crippen LogP contribution is 2.46. The van der Waals surface area contributed by atoms with Gasteiger partial charge in [-0.05, 0) is 44.9 Å². The molecule has 0 bridgehead atoms. The van der Waals surface area contributed by atoms with Crippen molar-refractivity contribution in [3.63, 3.8) is 0 Å². The molecular formula is C18H33NO. The number of hydrogen-bond donors (Lipinski definition) is 0. The molecular weight excluding hydrogens is 246 g/mol. The lowest BCUT2D eigenvalue weighted by atomic mass is 9.99. The average molecular weight is 279 g/mol. The number of rotatable bonds is 1. The third kappa shape index (κ3) is 3.98. The van der Waals surface area contributed by atoms with Gasteiger partial charge in [0, 0.05) is 19.1 Å². The maximum absolute atomic E-state index is 5.91. The Labute approximate surface area is 125 Å².